The number of nitrogens with zero attached hydrogens (tertiary/aromatic N) is 1. The second-order valence-corrected chi connectivity index (χ2v) is 9.39. The predicted octanol–water partition coefficient (Wildman–Crippen LogP) is 2.95. The van der Waals surface area contributed by atoms with E-state index in [0.717, 1.165) is 12.8 Å². The Morgan fingerprint density at radius 1 is 1.10 bits per heavy atom. The topological polar surface area (TPSA) is 75.7 Å². The average molecular weight is 418 g/mol. The van der Waals surface area contributed by atoms with E-state index in [4.69, 9.17) is 4.74 Å². The Hall–Kier alpha value is -2.45. The summed E-state index contributed by atoms with van der Waals surface area (Å²) in [5.41, 5.74) is 0.394. The molecule has 2 bridgehead atoms. The summed E-state index contributed by atoms with van der Waals surface area (Å²) in [5.74, 6) is -0.158. The number of sulfonamides is 1. The fourth-order valence-electron chi connectivity index (χ4n) is 4.40. The first-order valence-electron chi connectivity index (χ1n) is 9.62. The number of nitrogens with one attached hydrogen (secondary N) is 1. The zero-order valence-electron chi connectivity index (χ0n) is 16.0. The lowest BCUT2D eigenvalue weighted by atomic mass is 9.99. The number of rotatable bonds is 5. The lowest BCUT2D eigenvalue weighted by molar-refractivity contribution is 0.0909. The summed E-state index contributed by atoms with van der Waals surface area (Å²) < 4.78 is 46.3. The fraction of sp³-hybridized carbons (Fsp3) is 0.381. The van der Waals surface area contributed by atoms with E-state index >= 15 is 0 Å². The molecule has 0 saturated carbocycles. The first-order valence-corrected chi connectivity index (χ1v) is 11.1. The highest BCUT2D eigenvalue weighted by Gasteiger charge is 2.47. The quantitative estimate of drug-likeness (QED) is 0.810. The Bertz CT molecular complexity index is 996. The molecule has 1 N–H and O–H groups in total. The van der Waals surface area contributed by atoms with Crippen LogP contribution in [-0.2, 0) is 10.0 Å². The Kier molecular flexibility index (Phi) is 5.31. The highest BCUT2D eigenvalue weighted by molar-refractivity contribution is 7.89. The smallest absolute Gasteiger partial charge is 0.251 e. The number of ether oxygens (including phenoxy) is 1. The van der Waals surface area contributed by atoms with Gasteiger partial charge in [0, 0.05) is 29.8 Å². The number of halogens is 1. The molecule has 6 nitrogen and oxygen atoms in total. The van der Waals surface area contributed by atoms with Crippen LogP contribution in [0.5, 0.6) is 5.75 Å². The second-order valence-electron chi connectivity index (χ2n) is 7.55. The number of hydrogen-bond donors (Lipinski definition) is 1. The van der Waals surface area contributed by atoms with Gasteiger partial charge in [-0.15, -0.1) is 0 Å². The molecule has 1 unspecified atom stereocenters. The Labute approximate surface area is 169 Å². The van der Waals surface area contributed by atoms with Crippen molar-refractivity contribution in [3.05, 3.63) is 59.9 Å². The van der Waals surface area contributed by atoms with Crippen molar-refractivity contribution in [1.29, 1.82) is 0 Å². The summed E-state index contributed by atoms with van der Waals surface area (Å²) in [7, 11) is -2.14. The van der Waals surface area contributed by atoms with Crippen LogP contribution in [0.15, 0.2) is 53.4 Å². The van der Waals surface area contributed by atoms with Crippen molar-refractivity contribution in [1.82, 2.24) is 9.62 Å². The molecule has 2 heterocycles. The third kappa shape index (κ3) is 3.86. The van der Waals surface area contributed by atoms with Crippen molar-refractivity contribution in [3.63, 3.8) is 0 Å². The lowest BCUT2D eigenvalue weighted by Gasteiger charge is -2.38. The molecule has 2 saturated heterocycles. The van der Waals surface area contributed by atoms with Crippen LogP contribution in [0.2, 0.25) is 0 Å². The zero-order valence-corrected chi connectivity index (χ0v) is 16.9. The van der Waals surface area contributed by atoms with E-state index in [0.29, 0.717) is 24.2 Å². The molecule has 1 amide bonds. The van der Waals surface area contributed by atoms with Gasteiger partial charge in [-0.2, -0.15) is 4.31 Å². The minimum atomic E-state index is -3.64. The van der Waals surface area contributed by atoms with Gasteiger partial charge in [0.2, 0.25) is 10.0 Å². The van der Waals surface area contributed by atoms with E-state index in [2.05, 4.69) is 5.32 Å². The van der Waals surface area contributed by atoms with Crippen LogP contribution in [0.4, 0.5) is 4.39 Å². The molecule has 0 aliphatic carbocycles. The number of piperidine rings is 1. The maximum atomic E-state index is 13.2. The van der Waals surface area contributed by atoms with Crippen LogP contribution >= 0.6 is 0 Å². The molecule has 2 aromatic carbocycles. The van der Waals surface area contributed by atoms with Crippen molar-refractivity contribution in [3.8, 4) is 5.75 Å². The Morgan fingerprint density at radius 3 is 2.38 bits per heavy atom. The SMILES string of the molecule is COc1cccc(S(=O)(=O)N2[C@@H]3CC[C@H]2CC(NC(=O)c2ccc(F)cc2)C3)c1. The minimum Gasteiger partial charge on any atom is -0.497 e. The number of carbonyl (C=O) groups excluding carboxylic acids is 1. The minimum absolute atomic E-state index is 0.109. The van der Waals surface area contributed by atoms with Gasteiger partial charge in [0.1, 0.15) is 11.6 Å². The van der Waals surface area contributed by atoms with Gasteiger partial charge >= 0.3 is 0 Å². The molecule has 8 heteroatoms. The lowest BCUT2D eigenvalue weighted by Crippen LogP contribution is -2.52. The van der Waals surface area contributed by atoms with Crippen molar-refractivity contribution in [2.24, 2.45) is 0 Å². The standard InChI is InChI=1S/C21H23FN2O4S/c1-28-19-3-2-4-20(13-19)29(26,27)24-17-9-10-18(24)12-16(11-17)23-21(25)14-5-7-15(22)8-6-14/h2-8,13,16-18H,9-12H2,1H3,(H,23,25)/t16?,17-,18+. The summed E-state index contributed by atoms with van der Waals surface area (Å²) in [6.07, 6.45) is 2.67. The first kappa shape index (κ1) is 19.8. The molecule has 2 aromatic rings. The third-order valence-electron chi connectivity index (χ3n) is 5.72. The van der Waals surface area contributed by atoms with Crippen LogP contribution in [0, 0.1) is 5.82 Å². The third-order valence-corrected chi connectivity index (χ3v) is 7.73. The number of carbonyl (C=O) groups is 1. The van der Waals surface area contributed by atoms with E-state index in [1.807, 2.05) is 0 Å². The summed E-state index contributed by atoms with van der Waals surface area (Å²) in [5, 5.41) is 2.98. The molecular weight excluding hydrogens is 395 g/mol. The first-order chi connectivity index (χ1) is 13.9. The van der Waals surface area contributed by atoms with Gasteiger partial charge in [0.05, 0.1) is 12.0 Å². The largest absolute Gasteiger partial charge is 0.497 e. The fourth-order valence-corrected chi connectivity index (χ4v) is 6.32. The predicted molar refractivity (Wildman–Crippen MR) is 106 cm³/mol. The number of amides is 1. The summed E-state index contributed by atoms with van der Waals surface area (Å²) in [4.78, 5) is 12.7. The van der Waals surface area contributed by atoms with Crippen molar-refractivity contribution in [2.45, 2.75) is 48.7 Å². The van der Waals surface area contributed by atoms with Crippen LogP contribution < -0.4 is 10.1 Å². The van der Waals surface area contributed by atoms with Gasteiger partial charge in [-0.1, -0.05) is 6.07 Å². The van der Waals surface area contributed by atoms with Gasteiger partial charge in [-0.3, -0.25) is 4.79 Å². The maximum absolute atomic E-state index is 13.2. The number of benzene rings is 2. The number of fused-ring (bicyclic) bond motifs is 2. The van der Waals surface area contributed by atoms with Crippen LogP contribution in [-0.4, -0.2) is 43.9 Å². The van der Waals surface area contributed by atoms with Crippen LogP contribution in [0.3, 0.4) is 0 Å². The van der Waals surface area contributed by atoms with Gasteiger partial charge in [-0.05, 0) is 62.1 Å². The summed E-state index contributed by atoms with van der Waals surface area (Å²) >= 11 is 0. The van der Waals surface area contributed by atoms with Crippen molar-refractivity contribution < 1.29 is 22.3 Å². The van der Waals surface area contributed by atoms with Crippen molar-refractivity contribution >= 4 is 15.9 Å². The molecule has 2 aliphatic heterocycles. The molecular formula is C21H23FN2O4S. The molecule has 2 aliphatic rings. The Morgan fingerprint density at radius 2 is 1.76 bits per heavy atom. The molecule has 0 aromatic heterocycles. The molecule has 0 radical (unpaired) electrons. The summed E-state index contributed by atoms with van der Waals surface area (Å²) in [6, 6.07) is 11.5. The molecule has 3 atom stereocenters. The van der Waals surface area contributed by atoms with Gasteiger partial charge in [-0.25, -0.2) is 12.8 Å². The van der Waals surface area contributed by atoms with Crippen LogP contribution in [0.25, 0.3) is 0 Å². The monoisotopic (exact) mass is 418 g/mol. The van der Waals surface area contributed by atoms with E-state index in [9.17, 15) is 17.6 Å². The van der Waals surface area contributed by atoms with Gasteiger partial charge in [0.25, 0.3) is 5.91 Å². The maximum Gasteiger partial charge on any atom is 0.251 e. The number of methoxy groups -OCH3 is 1. The van der Waals surface area contributed by atoms with E-state index in [1.165, 1.54) is 37.4 Å². The number of hydrogen-bond acceptors (Lipinski definition) is 4. The molecule has 154 valence electrons. The van der Waals surface area contributed by atoms with E-state index in [-0.39, 0.29) is 28.9 Å². The van der Waals surface area contributed by atoms with E-state index in [1.54, 1.807) is 22.5 Å². The molecule has 4 rings (SSSR count). The highest BCUT2D eigenvalue weighted by atomic mass is 32.2. The Balaban J connectivity index is 1.49. The molecule has 0 spiro atoms. The van der Waals surface area contributed by atoms with E-state index < -0.39 is 15.8 Å². The van der Waals surface area contributed by atoms with Crippen molar-refractivity contribution in [2.75, 3.05) is 7.11 Å². The van der Waals surface area contributed by atoms with Crippen LogP contribution in [0.1, 0.15) is 36.0 Å². The molecule has 29 heavy (non-hydrogen) atoms. The second kappa shape index (κ2) is 7.76. The summed E-state index contributed by atoms with van der Waals surface area (Å²) in [6.45, 7) is 0. The average Bonchev–Trinajstić information content (AvgIpc) is 3.00. The molecule has 2 fully saturated rings. The highest BCUT2D eigenvalue weighted by Crippen LogP contribution is 2.40. The van der Waals surface area contributed by atoms with Gasteiger partial charge in [0.15, 0.2) is 0 Å². The van der Waals surface area contributed by atoms with Gasteiger partial charge < -0.3 is 10.1 Å². The zero-order chi connectivity index (χ0) is 20.6. The normalized spacial score (nSPS) is 24.3.